The molecular formula is C22H25N5O6. The molecule has 0 saturated heterocycles. The van der Waals surface area contributed by atoms with E-state index in [9.17, 15) is 14.9 Å². The molecule has 174 valence electrons. The molecule has 1 aliphatic heterocycles. The monoisotopic (exact) mass is 455 g/mol. The number of aliphatic imine (C=N–C) groups is 1. The Hall–Kier alpha value is -4.12. The third-order valence-corrected chi connectivity index (χ3v) is 4.91. The summed E-state index contributed by atoms with van der Waals surface area (Å²) in [7, 11) is 1.42. The van der Waals surface area contributed by atoms with E-state index in [4.69, 9.17) is 20.1 Å². The lowest BCUT2D eigenvalue weighted by Crippen LogP contribution is -2.44. The second kappa shape index (κ2) is 10.5. The van der Waals surface area contributed by atoms with Gasteiger partial charge in [-0.15, -0.1) is 0 Å². The maximum atomic E-state index is 12.7. The van der Waals surface area contributed by atoms with Crippen molar-refractivity contribution in [3.8, 4) is 11.5 Å². The van der Waals surface area contributed by atoms with Gasteiger partial charge >= 0.3 is 5.97 Å². The zero-order valence-electron chi connectivity index (χ0n) is 18.5. The van der Waals surface area contributed by atoms with Gasteiger partial charge in [0.25, 0.3) is 5.69 Å². The highest BCUT2D eigenvalue weighted by Gasteiger charge is 2.35. The normalized spacial score (nSPS) is 15.3. The van der Waals surface area contributed by atoms with Gasteiger partial charge in [0.1, 0.15) is 12.6 Å². The molecule has 0 aromatic heterocycles. The Kier molecular flexibility index (Phi) is 7.46. The minimum absolute atomic E-state index is 0.124. The number of carbonyl (C=O) groups is 1. The van der Waals surface area contributed by atoms with Crippen LogP contribution in [0.2, 0.25) is 0 Å². The predicted octanol–water partition coefficient (Wildman–Crippen LogP) is 2.48. The second-order valence-electron chi connectivity index (χ2n) is 7.00. The summed E-state index contributed by atoms with van der Waals surface area (Å²) >= 11 is 0. The molecule has 0 fully saturated rings. The fourth-order valence-electron chi connectivity index (χ4n) is 3.40. The largest absolute Gasteiger partial charge is 0.493 e. The number of guanidine groups is 1. The molecule has 11 nitrogen and oxygen atoms in total. The average Bonchev–Trinajstić information content (AvgIpc) is 2.82. The Morgan fingerprint density at radius 3 is 2.61 bits per heavy atom. The third kappa shape index (κ3) is 5.21. The van der Waals surface area contributed by atoms with Crippen molar-refractivity contribution in [3.63, 3.8) is 0 Å². The molecule has 0 bridgehead atoms. The van der Waals surface area contributed by atoms with Crippen LogP contribution in [0.25, 0.3) is 0 Å². The molecule has 11 heteroatoms. The number of hydrogen-bond donors (Lipinski definition) is 3. The quantitative estimate of drug-likeness (QED) is 0.236. The lowest BCUT2D eigenvalue weighted by atomic mass is 9.94. The Morgan fingerprint density at radius 1 is 1.27 bits per heavy atom. The summed E-state index contributed by atoms with van der Waals surface area (Å²) in [6.07, 6.45) is 0. The maximum Gasteiger partial charge on any atom is 0.338 e. The molecule has 0 unspecified atom stereocenters. The van der Waals surface area contributed by atoms with Gasteiger partial charge in [-0.05, 0) is 25.5 Å². The highest BCUT2D eigenvalue weighted by atomic mass is 16.6. The van der Waals surface area contributed by atoms with Crippen molar-refractivity contribution < 1.29 is 23.9 Å². The molecule has 1 heterocycles. The number of nitro benzene ring substituents is 1. The van der Waals surface area contributed by atoms with Crippen molar-refractivity contribution in [1.29, 1.82) is 0 Å². The van der Waals surface area contributed by atoms with E-state index in [1.807, 2.05) is 30.3 Å². The van der Waals surface area contributed by atoms with Crippen LogP contribution in [0.4, 0.5) is 5.69 Å². The minimum atomic E-state index is -1.06. The van der Waals surface area contributed by atoms with Gasteiger partial charge in [0.2, 0.25) is 5.96 Å². The Balaban J connectivity index is 2.09. The number of esters is 1. The molecule has 3 rings (SSSR count). The molecule has 4 N–H and O–H groups in total. The van der Waals surface area contributed by atoms with Crippen molar-refractivity contribution in [2.45, 2.75) is 26.5 Å². The van der Waals surface area contributed by atoms with Gasteiger partial charge in [-0.1, -0.05) is 30.3 Å². The van der Waals surface area contributed by atoms with E-state index in [1.165, 1.54) is 19.2 Å². The summed E-state index contributed by atoms with van der Waals surface area (Å²) in [6, 6.07) is 11.0. The zero-order valence-corrected chi connectivity index (χ0v) is 18.5. The average molecular weight is 455 g/mol. The summed E-state index contributed by atoms with van der Waals surface area (Å²) < 4.78 is 16.4. The smallest absolute Gasteiger partial charge is 0.338 e. The standard InChI is InChI=1S/C22H25N5O6/c1-4-32-21(28)19-13(2)24-22(26-23)25-20(19)15-10-17(31-3)18(11-16(15)27(29)30)33-12-14-8-6-5-7-9-14/h5-11,20H,4,12,23H2,1-3H3,(H2,24,25,26)/t20-/m0/s1. The molecule has 1 aliphatic rings. The number of nitrogens with two attached hydrogens (primary N) is 1. The molecule has 0 amide bonds. The first-order valence-electron chi connectivity index (χ1n) is 10.1. The predicted molar refractivity (Wildman–Crippen MR) is 120 cm³/mol. The number of hydrogen-bond acceptors (Lipinski definition) is 10. The molecule has 2 aromatic carbocycles. The first-order valence-corrected chi connectivity index (χ1v) is 10.1. The highest BCUT2D eigenvalue weighted by molar-refractivity contribution is 5.95. The molecule has 0 aliphatic carbocycles. The fraction of sp³-hybridized carbons (Fsp3) is 0.273. The van der Waals surface area contributed by atoms with Crippen LogP contribution in [0.15, 0.2) is 58.7 Å². The number of hydrazine groups is 1. The van der Waals surface area contributed by atoms with Crippen molar-refractivity contribution in [2.75, 3.05) is 13.7 Å². The summed E-state index contributed by atoms with van der Waals surface area (Å²) in [5.74, 6) is 5.43. The van der Waals surface area contributed by atoms with E-state index < -0.39 is 16.9 Å². The van der Waals surface area contributed by atoms with Gasteiger partial charge in [-0.25, -0.2) is 15.6 Å². The van der Waals surface area contributed by atoms with Crippen LogP contribution in [0, 0.1) is 10.1 Å². The maximum absolute atomic E-state index is 12.7. The molecule has 0 spiro atoms. The highest BCUT2D eigenvalue weighted by Crippen LogP contribution is 2.42. The van der Waals surface area contributed by atoms with E-state index in [-0.39, 0.29) is 47.5 Å². The number of carbonyl (C=O) groups excluding carboxylic acids is 1. The SMILES string of the molecule is CCOC(=O)C1=C(C)NC(NN)=N[C@H]1c1cc(OC)c(OCc2ccccc2)cc1[N+](=O)[O-]. The number of allylic oxidation sites excluding steroid dienone is 1. The number of benzene rings is 2. The van der Waals surface area contributed by atoms with Gasteiger partial charge in [-0.3, -0.25) is 15.5 Å². The number of nitrogens with zero attached hydrogens (tertiary/aromatic N) is 2. The van der Waals surface area contributed by atoms with Crippen LogP contribution < -0.4 is 26.1 Å². The van der Waals surface area contributed by atoms with Crippen LogP contribution >= 0.6 is 0 Å². The van der Waals surface area contributed by atoms with Crippen molar-refractivity contribution in [3.05, 3.63) is 75.0 Å². The van der Waals surface area contributed by atoms with Gasteiger partial charge in [0.05, 0.1) is 35.8 Å². The van der Waals surface area contributed by atoms with E-state index in [1.54, 1.807) is 13.8 Å². The van der Waals surface area contributed by atoms with Crippen LogP contribution in [0.3, 0.4) is 0 Å². The molecule has 0 radical (unpaired) electrons. The van der Waals surface area contributed by atoms with Gasteiger partial charge in [-0.2, -0.15) is 0 Å². The van der Waals surface area contributed by atoms with Crippen LogP contribution in [-0.4, -0.2) is 30.6 Å². The van der Waals surface area contributed by atoms with E-state index in [0.29, 0.717) is 5.70 Å². The summed E-state index contributed by atoms with van der Waals surface area (Å²) in [6.45, 7) is 3.62. The summed E-state index contributed by atoms with van der Waals surface area (Å²) in [4.78, 5) is 28.5. The first kappa shape index (κ1) is 23.5. The van der Waals surface area contributed by atoms with Gasteiger partial charge < -0.3 is 19.5 Å². The minimum Gasteiger partial charge on any atom is -0.493 e. The van der Waals surface area contributed by atoms with E-state index in [2.05, 4.69) is 15.7 Å². The fourth-order valence-corrected chi connectivity index (χ4v) is 3.40. The van der Waals surface area contributed by atoms with Crippen molar-refractivity contribution >= 4 is 17.6 Å². The van der Waals surface area contributed by atoms with Crippen LogP contribution in [-0.2, 0) is 16.1 Å². The van der Waals surface area contributed by atoms with E-state index >= 15 is 0 Å². The lowest BCUT2D eigenvalue weighted by Gasteiger charge is -2.26. The third-order valence-electron chi connectivity index (χ3n) is 4.91. The Morgan fingerprint density at radius 2 is 2.00 bits per heavy atom. The molecule has 0 saturated carbocycles. The Bertz CT molecular complexity index is 1100. The number of ether oxygens (including phenoxy) is 3. The topological polar surface area (TPSA) is 150 Å². The number of nitrogens with one attached hydrogen (secondary N) is 2. The Labute approximate surface area is 190 Å². The number of rotatable bonds is 8. The zero-order chi connectivity index (χ0) is 24.0. The van der Waals surface area contributed by atoms with Crippen LogP contribution in [0.1, 0.15) is 31.0 Å². The number of methoxy groups -OCH3 is 1. The molecule has 2 aromatic rings. The second-order valence-corrected chi connectivity index (χ2v) is 7.00. The molecule has 33 heavy (non-hydrogen) atoms. The van der Waals surface area contributed by atoms with E-state index in [0.717, 1.165) is 5.56 Å². The van der Waals surface area contributed by atoms with Crippen LogP contribution in [0.5, 0.6) is 11.5 Å². The molecule has 1 atom stereocenters. The lowest BCUT2D eigenvalue weighted by molar-refractivity contribution is -0.385. The summed E-state index contributed by atoms with van der Waals surface area (Å²) in [5.41, 5.74) is 3.62. The van der Waals surface area contributed by atoms with Crippen molar-refractivity contribution in [2.24, 2.45) is 10.8 Å². The number of nitro groups is 1. The summed E-state index contributed by atoms with van der Waals surface area (Å²) in [5, 5.41) is 14.8. The van der Waals surface area contributed by atoms with Crippen molar-refractivity contribution in [1.82, 2.24) is 10.7 Å². The van der Waals surface area contributed by atoms with Gasteiger partial charge in [0.15, 0.2) is 11.5 Å². The van der Waals surface area contributed by atoms with Gasteiger partial charge in [0, 0.05) is 5.70 Å². The molecular weight excluding hydrogens is 430 g/mol. The first-order chi connectivity index (χ1) is 15.9.